The molecule has 3 rings (SSSR count). The molecular weight excluding hydrogens is 292 g/mol. The van der Waals surface area contributed by atoms with Gasteiger partial charge in [-0.05, 0) is 12.5 Å². The Labute approximate surface area is 133 Å². The van der Waals surface area contributed by atoms with E-state index < -0.39 is 0 Å². The molecule has 2 aromatic carbocycles. The minimum Gasteiger partial charge on any atom is -0.302 e. The van der Waals surface area contributed by atoms with Crippen LogP contribution in [0.5, 0.6) is 0 Å². The smallest absolute Gasteiger partial charge is 0.223 e. The van der Waals surface area contributed by atoms with Crippen LogP contribution in [0.15, 0.2) is 54.6 Å². The summed E-state index contributed by atoms with van der Waals surface area (Å²) >= 11 is 1.50. The molecule has 0 unspecified atom stereocenters. The second kappa shape index (κ2) is 6.12. The van der Waals surface area contributed by atoms with Gasteiger partial charge in [0.05, 0.1) is 10.6 Å². The van der Waals surface area contributed by atoms with Crippen LogP contribution >= 0.6 is 11.3 Å². The molecule has 0 spiro atoms. The highest BCUT2D eigenvalue weighted by Gasteiger charge is 2.15. The van der Waals surface area contributed by atoms with Gasteiger partial charge in [0.15, 0.2) is 5.13 Å². The zero-order chi connectivity index (χ0) is 15.5. The molecule has 0 aliphatic rings. The Morgan fingerprint density at radius 3 is 2.32 bits per heavy atom. The number of amides is 1. The van der Waals surface area contributed by atoms with Gasteiger partial charge in [-0.1, -0.05) is 71.5 Å². The van der Waals surface area contributed by atoms with Crippen molar-refractivity contribution in [2.75, 3.05) is 5.32 Å². The van der Waals surface area contributed by atoms with Crippen molar-refractivity contribution >= 4 is 22.4 Å². The SMILES string of the molecule is CC(=O)Nc1nc(-c2ccccc2)c(-c2ccc(C)cc2)s1. The molecule has 0 saturated carbocycles. The van der Waals surface area contributed by atoms with Crippen LogP contribution in [0.2, 0.25) is 0 Å². The van der Waals surface area contributed by atoms with Crippen molar-refractivity contribution in [3.63, 3.8) is 0 Å². The first-order valence-electron chi connectivity index (χ1n) is 7.04. The highest BCUT2D eigenvalue weighted by Crippen LogP contribution is 2.38. The third-order valence-corrected chi connectivity index (χ3v) is 4.29. The maximum absolute atomic E-state index is 11.3. The number of carbonyl (C=O) groups excluding carboxylic acids is 1. The van der Waals surface area contributed by atoms with Crippen LogP contribution in [0.1, 0.15) is 12.5 Å². The lowest BCUT2D eigenvalue weighted by Crippen LogP contribution is -2.04. The standard InChI is InChI=1S/C18H16N2OS/c1-12-8-10-15(11-9-12)17-16(14-6-4-3-5-7-14)20-18(22-17)19-13(2)21/h3-11H,1-2H3,(H,19,20,21). The van der Waals surface area contributed by atoms with E-state index in [-0.39, 0.29) is 5.91 Å². The minimum atomic E-state index is -0.108. The van der Waals surface area contributed by atoms with Gasteiger partial charge in [0.1, 0.15) is 0 Å². The van der Waals surface area contributed by atoms with Gasteiger partial charge in [-0.3, -0.25) is 4.79 Å². The highest BCUT2D eigenvalue weighted by atomic mass is 32.1. The number of nitrogens with zero attached hydrogens (tertiary/aromatic N) is 1. The summed E-state index contributed by atoms with van der Waals surface area (Å²) in [7, 11) is 0. The number of hydrogen-bond acceptors (Lipinski definition) is 3. The average molecular weight is 308 g/mol. The highest BCUT2D eigenvalue weighted by molar-refractivity contribution is 7.19. The van der Waals surface area contributed by atoms with E-state index in [0.29, 0.717) is 5.13 Å². The van der Waals surface area contributed by atoms with E-state index in [1.807, 2.05) is 30.3 Å². The maximum Gasteiger partial charge on any atom is 0.223 e. The van der Waals surface area contributed by atoms with E-state index in [2.05, 4.69) is 41.5 Å². The maximum atomic E-state index is 11.3. The van der Waals surface area contributed by atoms with Gasteiger partial charge in [-0.2, -0.15) is 0 Å². The van der Waals surface area contributed by atoms with Gasteiger partial charge >= 0.3 is 0 Å². The predicted octanol–water partition coefficient (Wildman–Crippen LogP) is 4.74. The molecule has 1 amide bonds. The van der Waals surface area contributed by atoms with Crippen molar-refractivity contribution in [1.82, 2.24) is 4.98 Å². The summed E-state index contributed by atoms with van der Waals surface area (Å²) in [6.07, 6.45) is 0. The first-order valence-corrected chi connectivity index (χ1v) is 7.86. The fraction of sp³-hybridized carbons (Fsp3) is 0.111. The summed E-state index contributed by atoms with van der Waals surface area (Å²) in [5.41, 5.74) is 4.28. The molecule has 1 aromatic heterocycles. The zero-order valence-corrected chi connectivity index (χ0v) is 13.3. The molecule has 22 heavy (non-hydrogen) atoms. The summed E-state index contributed by atoms with van der Waals surface area (Å²) in [5.74, 6) is -0.108. The Balaban J connectivity index is 2.12. The molecule has 3 nitrogen and oxygen atoms in total. The molecule has 1 N–H and O–H groups in total. The lowest BCUT2D eigenvalue weighted by molar-refractivity contribution is -0.114. The van der Waals surface area contributed by atoms with Crippen LogP contribution in [-0.2, 0) is 4.79 Å². The monoisotopic (exact) mass is 308 g/mol. The minimum absolute atomic E-state index is 0.108. The van der Waals surface area contributed by atoms with Gasteiger partial charge in [0.2, 0.25) is 5.91 Å². The number of benzene rings is 2. The van der Waals surface area contributed by atoms with Crippen molar-refractivity contribution in [3.05, 3.63) is 60.2 Å². The number of rotatable bonds is 3. The van der Waals surface area contributed by atoms with E-state index in [4.69, 9.17) is 0 Å². The molecule has 0 aliphatic heterocycles. The Kier molecular flexibility index (Phi) is 4.02. The zero-order valence-electron chi connectivity index (χ0n) is 12.5. The van der Waals surface area contributed by atoms with Gasteiger partial charge in [0.25, 0.3) is 0 Å². The summed E-state index contributed by atoms with van der Waals surface area (Å²) < 4.78 is 0. The molecule has 110 valence electrons. The van der Waals surface area contributed by atoms with Crippen molar-refractivity contribution < 1.29 is 4.79 Å². The van der Waals surface area contributed by atoms with E-state index >= 15 is 0 Å². The number of nitrogens with one attached hydrogen (secondary N) is 1. The topological polar surface area (TPSA) is 42.0 Å². The lowest BCUT2D eigenvalue weighted by Gasteiger charge is -2.03. The molecule has 4 heteroatoms. The largest absolute Gasteiger partial charge is 0.302 e. The van der Waals surface area contributed by atoms with E-state index in [9.17, 15) is 4.79 Å². The Morgan fingerprint density at radius 2 is 1.68 bits per heavy atom. The molecule has 0 atom stereocenters. The van der Waals surface area contributed by atoms with Crippen LogP contribution in [-0.4, -0.2) is 10.9 Å². The molecule has 0 aliphatic carbocycles. The quantitative estimate of drug-likeness (QED) is 0.759. The summed E-state index contributed by atoms with van der Waals surface area (Å²) in [4.78, 5) is 17.0. The average Bonchev–Trinajstić information content (AvgIpc) is 2.92. The van der Waals surface area contributed by atoms with Crippen LogP contribution in [0.3, 0.4) is 0 Å². The second-order valence-electron chi connectivity index (χ2n) is 5.11. The molecule has 0 fully saturated rings. The first kappa shape index (κ1) is 14.5. The number of hydrogen-bond donors (Lipinski definition) is 1. The normalized spacial score (nSPS) is 10.5. The van der Waals surface area contributed by atoms with Crippen molar-refractivity contribution in [1.29, 1.82) is 0 Å². The summed E-state index contributed by atoms with van der Waals surface area (Å²) in [6, 6.07) is 18.4. The lowest BCUT2D eigenvalue weighted by atomic mass is 10.1. The van der Waals surface area contributed by atoms with E-state index in [0.717, 1.165) is 21.7 Å². The number of aryl methyl sites for hydroxylation is 1. The number of anilines is 1. The Bertz CT molecular complexity index is 792. The molecular formula is C18H16N2OS. The Hall–Kier alpha value is -2.46. The summed E-state index contributed by atoms with van der Waals surface area (Å²) in [6.45, 7) is 3.56. The van der Waals surface area contributed by atoms with E-state index in [1.54, 1.807) is 0 Å². The summed E-state index contributed by atoms with van der Waals surface area (Å²) in [5, 5.41) is 3.41. The molecule has 0 radical (unpaired) electrons. The van der Waals surface area contributed by atoms with Gasteiger partial charge in [0, 0.05) is 12.5 Å². The number of aromatic nitrogens is 1. The predicted molar refractivity (Wildman–Crippen MR) is 92.0 cm³/mol. The van der Waals surface area contributed by atoms with Crippen molar-refractivity contribution in [3.8, 4) is 21.7 Å². The molecule has 3 aromatic rings. The van der Waals surface area contributed by atoms with Gasteiger partial charge in [-0.15, -0.1) is 0 Å². The first-order chi connectivity index (χ1) is 10.6. The molecule has 0 saturated heterocycles. The fourth-order valence-electron chi connectivity index (χ4n) is 2.22. The third kappa shape index (κ3) is 3.07. The third-order valence-electron chi connectivity index (χ3n) is 3.27. The van der Waals surface area contributed by atoms with Crippen LogP contribution in [0.25, 0.3) is 21.7 Å². The fourth-order valence-corrected chi connectivity index (χ4v) is 3.26. The van der Waals surface area contributed by atoms with Crippen LogP contribution in [0.4, 0.5) is 5.13 Å². The molecule has 1 heterocycles. The number of carbonyl (C=O) groups is 1. The second-order valence-corrected chi connectivity index (χ2v) is 6.11. The molecule has 0 bridgehead atoms. The Morgan fingerprint density at radius 1 is 1.00 bits per heavy atom. The number of thiazole rings is 1. The van der Waals surface area contributed by atoms with E-state index in [1.165, 1.54) is 23.8 Å². The van der Waals surface area contributed by atoms with Crippen molar-refractivity contribution in [2.45, 2.75) is 13.8 Å². The van der Waals surface area contributed by atoms with Gasteiger partial charge < -0.3 is 5.32 Å². The van der Waals surface area contributed by atoms with Gasteiger partial charge in [-0.25, -0.2) is 4.98 Å². The van der Waals surface area contributed by atoms with Crippen molar-refractivity contribution in [2.24, 2.45) is 0 Å². The van der Waals surface area contributed by atoms with Crippen LogP contribution in [0, 0.1) is 6.92 Å². The van der Waals surface area contributed by atoms with Crippen LogP contribution < -0.4 is 5.32 Å².